The smallest absolute Gasteiger partial charge is 0.323 e. The van der Waals surface area contributed by atoms with Crippen LogP contribution in [0.5, 0.6) is 0 Å². The Bertz CT molecular complexity index is 227. The fourth-order valence-electron chi connectivity index (χ4n) is 0.828. The van der Waals surface area contributed by atoms with Crippen molar-refractivity contribution in [2.45, 2.75) is 13.8 Å². The van der Waals surface area contributed by atoms with Gasteiger partial charge < -0.3 is 10.1 Å². The average Bonchev–Trinajstić information content (AvgIpc) is 2.04. The van der Waals surface area contributed by atoms with Crippen LogP contribution >= 0.6 is 12.2 Å². The fourth-order valence-corrected chi connectivity index (χ4v) is 1.09. The SMILES string of the molecule is CCOC(=O)[C@H](C(C)=O)C(=S)NC. The van der Waals surface area contributed by atoms with Crippen LogP contribution in [0.25, 0.3) is 0 Å². The Morgan fingerprint density at radius 1 is 1.54 bits per heavy atom. The summed E-state index contributed by atoms with van der Waals surface area (Å²) < 4.78 is 4.70. The molecule has 74 valence electrons. The zero-order chi connectivity index (χ0) is 10.4. The number of rotatable bonds is 4. The van der Waals surface area contributed by atoms with Gasteiger partial charge in [0.1, 0.15) is 0 Å². The molecule has 0 aliphatic carbocycles. The van der Waals surface area contributed by atoms with Crippen LogP contribution < -0.4 is 5.32 Å². The second-order valence-electron chi connectivity index (χ2n) is 2.41. The van der Waals surface area contributed by atoms with E-state index in [2.05, 4.69) is 5.32 Å². The van der Waals surface area contributed by atoms with Crippen LogP contribution in [-0.2, 0) is 14.3 Å². The number of hydrogen-bond acceptors (Lipinski definition) is 4. The van der Waals surface area contributed by atoms with Crippen LogP contribution in [0.4, 0.5) is 0 Å². The molecule has 0 saturated heterocycles. The number of hydrogen-bond donors (Lipinski definition) is 1. The Morgan fingerprint density at radius 2 is 2.08 bits per heavy atom. The first-order chi connectivity index (χ1) is 6.04. The van der Waals surface area contributed by atoms with E-state index in [0.717, 1.165) is 0 Å². The number of carbonyl (C=O) groups excluding carboxylic acids is 2. The number of ketones is 1. The van der Waals surface area contributed by atoms with Gasteiger partial charge in [-0.3, -0.25) is 9.59 Å². The van der Waals surface area contributed by atoms with E-state index in [9.17, 15) is 9.59 Å². The van der Waals surface area contributed by atoms with Gasteiger partial charge >= 0.3 is 5.97 Å². The highest BCUT2D eigenvalue weighted by atomic mass is 32.1. The van der Waals surface area contributed by atoms with Crippen LogP contribution in [0.3, 0.4) is 0 Å². The van der Waals surface area contributed by atoms with Gasteiger partial charge in [0.15, 0.2) is 11.7 Å². The van der Waals surface area contributed by atoms with Gasteiger partial charge in [-0.2, -0.15) is 0 Å². The molecule has 1 N–H and O–H groups in total. The van der Waals surface area contributed by atoms with Gasteiger partial charge in [0, 0.05) is 7.05 Å². The Hall–Kier alpha value is -0.970. The van der Waals surface area contributed by atoms with Crippen LogP contribution in [0, 0.1) is 5.92 Å². The lowest BCUT2D eigenvalue weighted by molar-refractivity contribution is -0.148. The molecule has 0 heterocycles. The monoisotopic (exact) mass is 203 g/mol. The van der Waals surface area contributed by atoms with E-state index in [1.54, 1.807) is 14.0 Å². The Labute approximate surface area is 82.6 Å². The Morgan fingerprint density at radius 3 is 2.38 bits per heavy atom. The molecule has 0 aromatic rings. The van der Waals surface area contributed by atoms with Crippen LogP contribution in [0.1, 0.15) is 13.8 Å². The highest BCUT2D eigenvalue weighted by molar-refractivity contribution is 7.80. The highest BCUT2D eigenvalue weighted by Gasteiger charge is 2.28. The predicted octanol–water partition coefficient (Wildman–Crippen LogP) is 0.301. The van der Waals surface area contributed by atoms with Gasteiger partial charge in [-0.1, -0.05) is 12.2 Å². The summed E-state index contributed by atoms with van der Waals surface area (Å²) in [6.45, 7) is 3.23. The molecule has 0 unspecified atom stereocenters. The van der Waals surface area contributed by atoms with Crippen molar-refractivity contribution in [3.05, 3.63) is 0 Å². The topological polar surface area (TPSA) is 55.4 Å². The van der Waals surface area contributed by atoms with Gasteiger partial charge in [0.05, 0.1) is 11.6 Å². The first kappa shape index (κ1) is 12.0. The second-order valence-corrected chi connectivity index (χ2v) is 2.85. The number of esters is 1. The van der Waals surface area contributed by atoms with E-state index in [4.69, 9.17) is 17.0 Å². The predicted molar refractivity (Wildman–Crippen MR) is 52.5 cm³/mol. The molecule has 1 atom stereocenters. The van der Waals surface area contributed by atoms with Crippen molar-refractivity contribution >= 4 is 29.0 Å². The van der Waals surface area contributed by atoms with Crippen molar-refractivity contribution in [3.8, 4) is 0 Å². The molecule has 0 aromatic heterocycles. The first-order valence-corrected chi connectivity index (χ1v) is 4.34. The summed E-state index contributed by atoms with van der Waals surface area (Å²) in [7, 11) is 1.57. The summed E-state index contributed by atoms with van der Waals surface area (Å²) in [5, 5.41) is 2.60. The third kappa shape index (κ3) is 3.50. The molecule has 0 bridgehead atoms. The average molecular weight is 203 g/mol. The first-order valence-electron chi connectivity index (χ1n) is 3.93. The van der Waals surface area contributed by atoms with Crippen molar-refractivity contribution in [2.75, 3.05) is 13.7 Å². The number of ether oxygens (including phenoxy) is 1. The molecule has 0 aliphatic heterocycles. The van der Waals surface area contributed by atoms with Crippen molar-refractivity contribution in [1.82, 2.24) is 5.32 Å². The maximum Gasteiger partial charge on any atom is 0.323 e. The molecule has 4 nitrogen and oxygen atoms in total. The minimum absolute atomic E-state index is 0.200. The zero-order valence-corrected chi connectivity index (χ0v) is 8.73. The molecular weight excluding hydrogens is 190 g/mol. The molecule has 0 spiro atoms. The van der Waals surface area contributed by atoms with Crippen molar-refractivity contribution in [1.29, 1.82) is 0 Å². The van der Waals surface area contributed by atoms with E-state index in [-0.39, 0.29) is 17.4 Å². The standard InChI is InChI=1S/C8H13NO3S/c1-4-12-8(11)6(5(2)10)7(13)9-3/h6H,4H2,1-3H3,(H,9,13)/t6-/m1/s1. The lowest BCUT2D eigenvalue weighted by Gasteiger charge is -2.12. The summed E-state index contributed by atoms with van der Waals surface area (Å²) in [5.41, 5.74) is 0. The summed E-state index contributed by atoms with van der Waals surface area (Å²) in [6, 6.07) is 0. The van der Waals surface area contributed by atoms with Crippen LogP contribution in [-0.4, -0.2) is 30.4 Å². The summed E-state index contributed by atoms with van der Waals surface area (Å²) in [6.07, 6.45) is 0. The molecule has 5 heteroatoms. The molecule has 0 radical (unpaired) electrons. The minimum Gasteiger partial charge on any atom is -0.465 e. The Balaban J connectivity index is 4.51. The number of carbonyl (C=O) groups is 2. The Kier molecular flexibility index (Phi) is 5.22. The quantitative estimate of drug-likeness (QED) is 0.404. The lowest BCUT2D eigenvalue weighted by atomic mass is 10.1. The van der Waals surface area contributed by atoms with Crippen LogP contribution in [0.15, 0.2) is 0 Å². The molecule has 13 heavy (non-hydrogen) atoms. The number of thiocarbonyl (C=S) groups is 1. The van der Waals surface area contributed by atoms with Crippen molar-refractivity contribution in [3.63, 3.8) is 0 Å². The molecule has 0 aromatic carbocycles. The maximum atomic E-state index is 11.2. The van der Waals surface area contributed by atoms with Gasteiger partial charge in [0.25, 0.3) is 0 Å². The largest absolute Gasteiger partial charge is 0.465 e. The number of nitrogens with one attached hydrogen (secondary N) is 1. The lowest BCUT2D eigenvalue weighted by Crippen LogP contribution is -2.37. The number of Topliss-reactive ketones (excluding diaryl/α,β-unsaturated/α-hetero) is 1. The maximum absolute atomic E-state index is 11.2. The molecule has 0 fully saturated rings. The summed E-state index contributed by atoms with van der Waals surface area (Å²) >= 11 is 4.81. The van der Waals surface area contributed by atoms with E-state index < -0.39 is 11.9 Å². The van der Waals surface area contributed by atoms with Gasteiger partial charge in [-0.05, 0) is 13.8 Å². The highest BCUT2D eigenvalue weighted by Crippen LogP contribution is 2.03. The summed E-state index contributed by atoms with van der Waals surface area (Å²) in [5.74, 6) is -1.85. The van der Waals surface area contributed by atoms with E-state index >= 15 is 0 Å². The third-order valence-electron chi connectivity index (χ3n) is 1.44. The second kappa shape index (κ2) is 5.64. The minimum atomic E-state index is -0.958. The van der Waals surface area contributed by atoms with Gasteiger partial charge in [0.2, 0.25) is 0 Å². The zero-order valence-electron chi connectivity index (χ0n) is 7.92. The molecule has 0 rings (SSSR count). The fraction of sp³-hybridized carbons (Fsp3) is 0.625. The summed E-state index contributed by atoms with van der Waals surface area (Å²) in [4.78, 5) is 22.4. The van der Waals surface area contributed by atoms with Gasteiger partial charge in [-0.15, -0.1) is 0 Å². The normalized spacial score (nSPS) is 11.6. The van der Waals surface area contributed by atoms with Crippen molar-refractivity contribution < 1.29 is 14.3 Å². The van der Waals surface area contributed by atoms with E-state index in [0.29, 0.717) is 0 Å². The van der Waals surface area contributed by atoms with Crippen LogP contribution in [0.2, 0.25) is 0 Å². The van der Waals surface area contributed by atoms with Crippen molar-refractivity contribution in [2.24, 2.45) is 5.92 Å². The molecule has 0 aliphatic rings. The molecular formula is C8H13NO3S. The molecule has 0 saturated carbocycles. The van der Waals surface area contributed by atoms with E-state index in [1.807, 2.05) is 0 Å². The van der Waals surface area contributed by atoms with Gasteiger partial charge in [-0.25, -0.2) is 0 Å². The molecule has 0 amide bonds. The van der Waals surface area contributed by atoms with E-state index in [1.165, 1.54) is 6.92 Å². The third-order valence-corrected chi connectivity index (χ3v) is 1.88.